The predicted molar refractivity (Wildman–Crippen MR) is 98.8 cm³/mol. The van der Waals surface area contributed by atoms with Gasteiger partial charge in [0.15, 0.2) is 0 Å². The van der Waals surface area contributed by atoms with Crippen molar-refractivity contribution in [2.45, 2.75) is 40.0 Å². The Kier molecular flexibility index (Phi) is 3.96. The highest BCUT2D eigenvalue weighted by atomic mass is 16.3. The molecule has 3 nitrogen and oxygen atoms in total. The van der Waals surface area contributed by atoms with E-state index in [0.29, 0.717) is 0 Å². The predicted octanol–water partition coefficient (Wildman–Crippen LogP) is 5.16. The average Bonchev–Trinajstić information content (AvgIpc) is 2.85. The summed E-state index contributed by atoms with van der Waals surface area (Å²) >= 11 is 0. The first-order chi connectivity index (χ1) is 11.3. The monoisotopic (exact) mass is 320 g/mol. The summed E-state index contributed by atoms with van der Waals surface area (Å²) in [4.78, 5) is 0. The number of hydrogen-bond donors (Lipinski definition) is 1. The highest BCUT2D eigenvalue weighted by Gasteiger charge is 2.29. The number of rotatable bonds is 2. The molecule has 0 unspecified atom stereocenters. The van der Waals surface area contributed by atoms with E-state index in [4.69, 9.17) is 5.10 Å². The van der Waals surface area contributed by atoms with Gasteiger partial charge >= 0.3 is 0 Å². The standard InChI is InChI=1S/C21H24N2O/c1-14-9-8-11-16(13-14)23-20(24)18(21(3,4)5)19(22-23)17-12-7-6-10-15(17)2/h6-13,24H,1-5H3. The zero-order valence-corrected chi connectivity index (χ0v) is 15.0. The Balaban J connectivity index is 2.30. The van der Waals surface area contributed by atoms with Crippen molar-refractivity contribution in [2.75, 3.05) is 0 Å². The fourth-order valence-corrected chi connectivity index (χ4v) is 3.07. The summed E-state index contributed by atoms with van der Waals surface area (Å²) in [7, 11) is 0. The molecule has 0 bridgehead atoms. The van der Waals surface area contributed by atoms with Crippen LogP contribution < -0.4 is 0 Å². The zero-order valence-electron chi connectivity index (χ0n) is 15.0. The van der Waals surface area contributed by atoms with Crippen LogP contribution in [0.5, 0.6) is 5.88 Å². The lowest BCUT2D eigenvalue weighted by Crippen LogP contribution is -2.12. The zero-order chi connectivity index (χ0) is 17.5. The lowest BCUT2D eigenvalue weighted by atomic mass is 9.84. The van der Waals surface area contributed by atoms with E-state index in [9.17, 15) is 5.11 Å². The minimum absolute atomic E-state index is 0.214. The molecule has 124 valence electrons. The summed E-state index contributed by atoms with van der Waals surface area (Å²) in [5.74, 6) is 0.214. The highest BCUT2D eigenvalue weighted by Crippen LogP contribution is 2.40. The van der Waals surface area contributed by atoms with Crippen molar-refractivity contribution < 1.29 is 5.11 Å². The van der Waals surface area contributed by atoms with Crippen molar-refractivity contribution in [1.82, 2.24) is 9.78 Å². The molecule has 0 amide bonds. The van der Waals surface area contributed by atoms with Gasteiger partial charge < -0.3 is 5.11 Å². The van der Waals surface area contributed by atoms with Crippen molar-refractivity contribution in [2.24, 2.45) is 0 Å². The van der Waals surface area contributed by atoms with Crippen molar-refractivity contribution in [3.05, 3.63) is 65.2 Å². The van der Waals surface area contributed by atoms with E-state index in [1.807, 2.05) is 43.3 Å². The van der Waals surface area contributed by atoms with Gasteiger partial charge in [-0.1, -0.05) is 57.2 Å². The van der Waals surface area contributed by atoms with Crippen LogP contribution in [-0.2, 0) is 5.41 Å². The number of aromatic nitrogens is 2. The molecular formula is C21H24N2O. The molecule has 3 heteroatoms. The fraction of sp³-hybridized carbons (Fsp3) is 0.286. The molecule has 1 heterocycles. The number of nitrogens with zero attached hydrogens (tertiary/aromatic N) is 2. The van der Waals surface area contributed by atoms with E-state index < -0.39 is 0 Å². The van der Waals surface area contributed by atoms with Crippen LogP contribution in [0.2, 0.25) is 0 Å². The Morgan fingerprint density at radius 3 is 2.29 bits per heavy atom. The number of benzene rings is 2. The van der Waals surface area contributed by atoms with Crippen molar-refractivity contribution >= 4 is 0 Å². The first kappa shape index (κ1) is 16.3. The largest absolute Gasteiger partial charge is 0.493 e. The molecule has 0 aliphatic rings. The smallest absolute Gasteiger partial charge is 0.218 e. The molecule has 0 radical (unpaired) electrons. The second-order valence-corrected chi connectivity index (χ2v) is 7.36. The topological polar surface area (TPSA) is 38.0 Å². The normalized spacial score (nSPS) is 11.7. The van der Waals surface area contributed by atoms with Gasteiger partial charge in [0.2, 0.25) is 5.88 Å². The summed E-state index contributed by atoms with van der Waals surface area (Å²) in [6, 6.07) is 16.2. The van der Waals surface area contributed by atoms with Gasteiger partial charge in [0.05, 0.1) is 5.69 Å². The van der Waals surface area contributed by atoms with Crippen LogP contribution in [0.4, 0.5) is 0 Å². The molecule has 0 saturated carbocycles. The van der Waals surface area contributed by atoms with Gasteiger partial charge in [0.25, 0.3) is 0 Å². The Morgan fingerprint density at radius 2 is 1.67 bits per heavy atom. The maximum Gasteiger partial charge on any atom is 0.218 e. The second kappa shape index (κ2) is 5.82. The maximum absolute atomic E-state index is 10.9. The van der Waals surface area contributed by atoms with Gasteiger partial charge in [-0.05, 0) is 42.5 Å². The van der Waals surface area contributed by atoms with Crippen LogP contribution >= 0.6 is 0 Å². The third-order valence-corrected chi connectivity index (χ3v) is 4.26. The van der Waals surface area contributed by atoms with Crippen LogP contribution in [0, 0.1) is 13.8 Å². The summed E-state index contributed by atoms with van der Waals surface area (Å²) in [6.07, 6.45) is 0. The minimum atomic E-state index is -0.218. The summed E-state index contributed by atoms with van der Waals surface area (Å²) in [5.41, 5.74) is 5.72. The Bertz CT molecular complexity index is 885. The lowest BCUT2D eigenvalue weighted by molar-refractivity contribution is 0.414. The quantitative estimate of drug-likeness (QED) is 0.708. The van der Waals surface area contributed by atoms with Gasteiger partial charge in [0, 0.05) is 11.1 Å². The highest BCUT2D eigenvalue weighted by molar-refractivity contribution is 5.70. The molecular weight excluding hydrogens is 296 g/mol. The van der Waals surface area contributed by atoms with Gasteiger partial charge in [-0.3, -0.25) is 0 Å². The minimum Gasteiger partial charge on any atom is -0.493 e. The van der Waals surface area contributed by atoms with Crippen molar-refractivity contribution in [3.8, 4) is 22.8 Å². The van der Waals surface area contributed by atoms with E-state index in [0.717, 1.165) is 33.6 Å². The molecule has 0 fully saturated rings. The maximum atomic E-state index is 10.9. The van der Waals surface area contributed by atoms with Gasteiger partial charge in [0.1, 0.15) is 5.69 Å². The fourth-order valence-electron chi connectivity index (χ4n) is 3.07. The Labute approximate surface area is 143 Å². The van der Waals surface area contributed by atoms with Crippen molar-refractivity contribution in [3.63, 3.8) is 0 Å². The van der Waals surface area contributed by atoms with Crippen LogP contribution in [0.15, 0.2) is 48.5 Å². The Morgan fingerprint density at radius 1 is 0.958 bits per heavy atom. The summed E-state index contributed by atoms with van der Waals surface area (Å²) in [5, 5.41) is 15.7. The molecule has 0 saturated heterocycles. The molecule has 1 N–H and O–H groups in total. The molecule has 0 spiro atoms. The first-order valence-electron chi connectivity index (χ1n) is 8.24. The molecule has 2 aromatic carbocycles. The van der Waals surface area contributed by atoms with E-state index in [2.05, 4.69) is 39.8 Å². The molecule has 0 aliphatic heterocycles. The molecule has 0 aliphatic carbocycles. The number of aryl methyl sites for hydroxylation is 2. The van der Waals surface area contributed by atoms with Gasteiger partial charge in [-0.15, -0.1) is 0 Å². The van der Waals surface area contributed by atoms with Crippen LogP contribution in [0.25, 0.3) is 16.9 Å². The SMILES string of the molecule is Cc1cccc(-n2nc(-c3ccccc3C)c(C(C)(C)C)c2O)c1. The molecule has 0 atom stereocenters. The van der Waals surface area contributed by atoms with Crippen molar-refractivity contribution in [1.29, 1.82) is 0 Å². The van der Waals surface area contributed by atoms with Gasteiger partial charge in [-0.25, -0.2) is 4.68 Å². The van der Waals surface area contributed by atoms with E-state index in [1.165, 1.54) is 0 Å². The average molecular weight is 320 g/mol. The summed E-state index contributed by atoms with van der Waals surface area (Å²) < 4.78 is 1.65. The molecule has 3 rings (SSSR count). The molecule has 1 aromatic heterocycles. The first-order valence-corrected chi connectivity index (χ1v) is 8.24. The van der Waals surface area contributed by atoms with Crippen LogP contribution in [0.3, 0.4) is 0 Å². The molecule has 24 heavy (non-hydrogen) atoms. The van der Waals surface area contributed by atoms with Crippen LogP contribution in [0.1, 0.15) is 37.5 Å². The number of hydrogen-bond acceptors (Lipinski definition) is 2. The second-order valence-electron chi connectivity index (χ2n) is 7.36. The van der Waals surface area contributed by atoms with E-state index in [-0.39, 0.29) is 11.3 Å². The van der Waals surface area contributed by atoms with Gasteiger partial charge in [-0.2, -0.15) is 5.10 Å². The third kappa shape index (κ3) is 2.82. The lowest BCUT2D eigenvalue weighted by Gasteiger charge is -2.19. The molecule has 3 aromatic rings. The number of aromatic hydroxyl groups is 1. The summed E-state index contributed by atoms with van der Waals surface area (Å²) in [6.45, 7) is 10.4. The third-order valence-electron chi connectivity index (χ3n) is 4.26. The Hall–Kier alpha value is -2.55. The van der Waals surface area contributed by atoms with E-state index >= 15 is 0 Å². The van der Waals surface area contributed by atoms with E-state index in [1.54, 1.807) is 4.68 Å². The van der Waals surface area contributed by atoms with Crippen LogP contribution in [-0.4, -0.2) is 14.9 Å².